The van der Waals surface area contributed by atoms with E-state index in [9.17, 15) is 9.90 Å². The van der Waals surface area contributed by atoms with E-state index < -0.39 is 0 Å². The highest BCUT2D eigenvalue weighted by Gasteiger charge is 2.17. The average Bonchev–Trinajstić information content (AvgIpc) is 2.37. The van der Waals surface area contributed by atoms with Crippen molar-refractivity contribution in [2.75, 3.05) is 26.3 Å². The van der Waals surface area contributed by atoms with Crippen molar-refractivity contribution in [1.82, 2.24) is 4.90 Å². The summed E-state index contributed by atoms with van der Waals surface area (Å²) in [5.41, 5.74) is 1.31. The molecule has 1 amide bonds. The first-order chi connectivity index (χ1) is 8.60. The maximum Gasteiger partial charge on any atom is 0.257 e. The van der Waals surface area contributed by atoms with Crippen LogP contribution in [0, 0.1) is 6.92 Å². The zero-order valence-corrected chi connectivity index (χ0v) is 11.3. The molecular formula is C14H21NO3. The SMILES string of the molecule is CCOCCN(CC)C(=O)c1cc(C)ccc1O. The lowest BCUT2D eigenvalue weighted by molar-refractivity contribution is 0.0666. The Bertz CT molecular complexity index is 404. The molecule has 0 aromatic heterocycles. The van der Waals surface area contributed by atoms with Crippen LogP contribution in [-0.4, -0.2) is 42.2 Å². The van der Waals surface area contributed by atoms with E-state index in [2.05, 4.69) is 0 Å². The van der Waals surface area contributed by atoms with Crippen molar-refractivity contribution in [3.8, 4) is 5.75 Å². The Labute approximate surface area is 108 Å². The van der Waals surface area contributed by atoms with Gasteiger partial charge in [-0.25, -0.2) is 0 Å². The largest absolute Gasteiger partial charge is 0.507 e. The quantitative estimate of drug-likeness (QED) is 0.788. The number of benzene rings is 1. The predicted octanol–water partition coefficient (Wildman–Crippen LogP) is 2.20. The van der Waals surface area contributed by atoms with E-state index in [1.54, 1.807) is 23.1 Å². The maximum absolute atomic E-state index is 12.3. The van der Waals surface area contributed by atoms with Gasteiger partial charge in [0.25, 0.3) is 5.91 Å². The lowest BCUT2D eigenvalue weighted by Gasteiger charge is -2.21. The Hall–Kier alpha value is -1.55. The van der Waals surface area contributed by atoms with E-state index in [1.165, 1.54) is 0 Å². The van der Waals surface area contributed by atoms with E-state index >= 15 is 0 Å². The van der Waals surface area contributed by atoms with Crippen LogP contribution in [0.15, 0.2) is 18.2 Å². The van der Waals surface area contributed by atoms with Gasteiger partial charge in [0.15, 0.2) is 0 Å². The zero-order chi connectivity index (χ0) is 13.5. The van der Waals surface area contributed by atoms with Gasteiger partial charge in [0.1, 0.15) is 5.75 Å². The van der Waals surface area contributed by atoms with Crippen molar-refractivity contribution >= 4 is 5.91 Å². The molecule has 0 aliphatic carbocycles. The highest BCUT2D eigenvalue weighted by molar-refractivity contribution is 5.97. The molecule has 0 heterocycles. The third-order valence-corrected chi connectivity index (χ3v) is 2.76. The topological polar surface area (TPSA) is 49.8 Å². The summed E-state index contributed by atoms with van der Waals surface area (Å²) in [7, 11) is 0. The van der Waals surface area contributed by atoms with Gasteiger partial charge >= 0.3 is 0 Å². The van der Waals surface area contributed by atoms with Crippen LogP contribution in [0.5, 0.6) is 5.75 Å². The molecule has 0 aliphatic rings. The monoisotopic (exact) mass is 251 g/mol. The molecule has 0 saturated heterocycles. The second-order valence-corrected chi connectivity index (χ2v) is 4.10. The minimum atomic E-state index is -0.154. The lowest BCUT2D eigenvalue weighted by atomic mass is 10.1. The van der Waals surface area contributed by atoms with Gasteiger partial charge in [-0.3, -0.25) is 4.79 Å². The van der Waals surface area contributed by atoms with Crippen molar-refractivity contribution in [2.45, 2.75) is 20.8 Å². The molecule has 1 aromatic carbocycles. The van der Waals surface area contributed by atoms with Gasteiger partial charge in [-0.15, -0.1) is 0 Å². The molecule has 0 spiro atoms. The van der Waals surface area contributed by atoms with Gasteiger partial charge in [0.2, 0.25) is 0 Å². The average molecular weight is 251 g/mol. The number of ether oxygens (including phenoxy) is 1. The number of phenols is 1. The number of nitrogens with zero attached hydrogens (tertiary/aromatic N) is 1. The Morgan fingerprint density at radius 1 is 1.39 bits per heavy atom. The number of hydrogen-bond donors (Lipinski definition) is 1. The lowest BCUT2D eigenvalue weighted by Crippen LogP contribution is -2.34. The first-order valence-electron chi connectivity index (χ1n) is 6.26. The van der Waals surface area contributed by atoms with Crippen LogP contribution in [-0.2, 0) is 4.74 Å². The summed E-state index contributed by atoms with van der Waals surface area (Å²) < 4.78 is 5.25. The standard InChI is InChI=1S/C14H21NO3/c1-4-15(8-9-18-5-2)14(17)12-10-11(3)6-7-13(12)16/h6-7,10,16H,4-5,8-9H2,1-3H3. The molecule has 1 aromatic rings. The van der Waals surface area contributed by atoms with E-state index in [-0.39, 0.29) is 11.7 Å². The van der Waals surface area contributed by atoms with Crippen molar-refractivity contribution in [3.63, 3.8) is 0 Å². The van der Waals surface area contributed by atoms with Gasteiger partial charge in [-0.1, -0.05) is 11.6 Å². The van der Waals surface area contributed by atoms with E-state index in [1.807, 2.05) is 20.8 Å². The molecule has 18 heavy (non-hydrogen) atoms. The Morgan fingerprint density at radius 2 is 2.11 bits per heavy atom. The Kier molecular flexibility index (Phi) is 5.65. The molecule has 0 aliphatic heterocycles. The van der Waals surface area contributed by atoms with Crippen molar-refractivity contribution < 1.29 is 14.6 Å². The number of aromatic hydroxyl groups is 1. The number of carbonyl (C=O) groups excluding carboxylic acids is 1. The first-order valence-corrected chi connectivity index (χ1v) is 6.26. The van der Waals surface area contributed by atoms with Gasteiger partial charge in [-0.05, 0) is 32.9 Å². The summed E-state index contributed by atoms with van der Waals surface area (Å²) in [6.45, 7) is 8.02. The zero-order valence-electron chi connectivity index (χ0n) is 11.3. The number of phenolic OH excluding ortho intramolecular Hbond substituents is 1. The highest BCUT2D eigenvalue weighted by Crippen LogP contribution is 2.20. The third kappa shape index (κ3) is 3.74. The summed E-state index contributed by atoms with van der Waals surface area (Å²) >= 11 is 0. The molecule has 4 nitrogen and oxygen atoms in total. The molecule has 1 N–H and O–H groups in total. The molecule has 0 bridgehead atoms. The molecule has 0 unspecified atom stereocenters. The fraction of sp³-hybridized carbons (Fsp3) is 0.500. The molecule has 0 saturated carbocycles. The summed E-state index contributed by atoms with van der Waals surface area (Å²) in [6, 6.07) is 5.04. The van der Waals surface area contributed by atoms with Crippen LogP contribution < -0.4 is 0 Å². The molecule has 0 radical (unpaired) electrons. The van der Waals surface area contributed by atoms with Crippen molar-refractivity contribution in [1.29, 1.82) is 0 Å². The maximum atomic E-state index is 12.3. The normalized spacial score (nSPS) is 10.4. The van der Waals surface area contributed by atoms with E-state index in [0.29, 0.717) is 31.9 Å². The van der Waals surface area contributed by atoms with Gasteiger partial charge in [0.05, 0.1) is 12.2 Å². The number of amides is 1. The van der Waals surface area contributed by atoms with Crippen LogP contribution >= 0.6 is 0 Å². The molecule has 0 fully saturated rings. The van der Waals surface area contributed by atoms with E-state index in [0.717, 1.165) is 5.56 Å². The second kappa shape index (κ2) is 7.01. The van der Waals surface area contributed by atoms with Crippen LogP contribution in [0.25, 0.3) is 0 Å². The highest BCUT2D eigenvalue weighted by atomic mass is 16.5. The second-order valence-electron chi connectivity index (χ2n) is 4.10. The predicted molar refractivity (Wildman–Crippen MR) is 70.9 cm³/mol. The molecule has 1 rings (SSSR count). The van der Waals surface area contributed by atoms with Crippen LogP contribution in [0.1, 0.15) is 29.8 Å². The first kappa shape index (κ1) is 14.5. The molecule has 4 heteroatoms. The number of hydrogen-bond acceptors (Lipinski definition) is 3. The summed E-state index contributed by atoms with van der Waals surface area (Å²) in [5.74, 6) is -0.126. The number of aryl methyl sites for hydroxylation is 1. The smallest absolute Gasteiger partial charge is 0.257 e. The minimum absolute atomic E-state index is 0.0282. The molecule has 0 atom stereocenters. The summed E-state index contributed by atoms with van der Waals surface area (Å²) in [5, 5.41) is 9.74. The number of likely N-dealkylation sites (N-methyl/N-ethyl adjacent to an activating group) is 1. The Morgan fingerprint density at radius 3 is 2.72 bits per heavy atom. The van der Waals surface area contributed by atoms with E-state index in [4.69, 9.17) is 4.74 Å². The van der Waals surface area contributed by atoms with Gasteiger partial charge in [-0.2, -0.15) is 0 Å². The third-order valence-electron chi connectivity index (χ3n) is 2.76. The summed E-state index contributed by atoms with van der Waals surface area (Å²) in [6.07, 6.45) is 0. The van der Waals surface area contributed by atoms with Crippen molar-refractivity contribution in [2.24, 2.45) is 0 Å². The Balaban J connectivity index is 2.79. The van der Waals surface area contributed by atoms with Crippen LogP contribution in [0.4, 0.5) is 0 Å². The minimum Gasteiger partial charge on any atom is -0.507 e. The molecular weight excluding hydrogens is 230 g/mol. The van der Waals surface area contributed by atoms with Crippen LogP contribution in [0.2, 0.25) is 0 Å². The molecule has 100 valence electrons. The number of rotatable bonds is 6. The fourth-order valence-electron chi connectivity index (χ4n) is 1.71. The van der Waals surface area contributed by atoms with Crippen molar-refractivity contribution in [3.05, 3.63) is 29.3 Å². The van der Waals surface area contributed by atoms with Gasteiger partial charge < -0.3 is 14.7 Å². The van der Waals surface area contributed by atoms with Crippen LogP contribution in [0.3, 0.4) is 0 Å². The number of carbonyl (C=O) groups is 1. The fourth-order valence-corrected chi connectivity index (χ4v) is 1.71. The summed E-state index contributed by atoms with van der Waals surface area (Å²) in [4.78, 5) is 13.9. The van der Waals surface area contributed by atoms with Gasteiger partial charge in [0, 0.05) is 19.7 Å².